The fourth-order valence-electron chi connectivity index (χ4n) is 6.84. The van der Waals surface area contributed by atoms with E-state index in [0.717, 1.165) is 37.8 Å². The zero-order valence-corrected chi connectivity index (χ0v) is 23.7. The van der Waals surface area contributed by atoms with Gasteiger partial charge in [-0.3, -0.25) is 19.6 Å². The maximum absolute atomic E-state index is 13.9. The Morgan fingerprint density at radius 1 is 1.15 bits per heavy atom. The SMILES string of the molecule is Cn1nccc1C(=O)N[C@H](C(=O)Nc1cccc(C2(C(O)NCC3(C)CCC3)CCOC2)c1)C(C1CC1)C1CC1. The normalized spacial score (nSPS) is 25.3. The molecular weight excluding hydrogens is 506 g/mol. The number of nitrogens with one attached hydrogen (secondary N) is 3. The lowest BCUT2D eigenvalue weighted by Gasteiger charge is -2.41. The summed E-state index contributed by atoms with van der Waals surface area (Å²) >= 11 is 0. The average molecular weight is 550 g/mol. The number of ether oxygens (including phenoxy) is 1. The first kappa shape index (κ1) is 27.4. The molecule has 2 heterocycles. The lowest BCUT2D eigenvalue weighted by atomic mass is 9.70. The molecule has 40 heavy (non-hydrogen) atoms. The number of aliphatic hydroxyl groups is 1. The first-order valence-electron chi connectivity index (χ1n) is 15.0. The van der Waals surface area contributed by atoms with Gasteiger partial charge in [-0.15, -0.1) is 0 Å². The van der Waals surface area contributed by atoms with E-state index in [1.165, 1.54) is 23.9 Å². The second kappa shape index (κ2) is 10.9. The van der Waals surface area contributed by atoms with Crippen molar-refractivity contribution in [2.75, 3.05) is 25.1 Å². The first-order chi connectivity index (χ1) is 19.3. The Kier molecular flexibility index (Phi) is 7.48. The summed E-state index contributed by atoms with van der Waals surface area (Å²) in [6.45, 7) is 4.04. The number of nitrogens with zero attached hydrogens (tertiary/aromatic N) is 2. The van der Waals surface area contributed by atoms with Crippen LogP contribution in [0.4, 0.5) is 5.69 Å². The van der Waals surface area contributed by atoms with Crippen LogP contribution in [0.1, 0.15) is 74.3 Å². The second-order valence-electron chi connectivity index (χ2n) is 13.0. The highest BCUT2D eigenvalue weighted by Crippen LogP contribution is 2.51. The van der Waals surface area contributed by atoms with E-state index in [1.54, 1.807) is 19.3 Å². The fraction of sp³-hybridized carbons (Fsp3) is 0.645. The molecule has 1 aromatic heterocycles. The van der Waals surface area contributed by atoms with Crippen molar-refractivity contribution in [3.8, 4) is 0 Å². The molecule has 9 heteroatoms. The van der Waals surface area contributed by atoms with Crippen LogP contribution in [0.3, 0.4) is 0 Å². The molecule has 2 aromatic rings. The van der Waals surface area contributed by atoms with Gasteiger partial charge in [0, 0.05) is 32.1 Å². The third-order valence-corrected chi connectivity index (χ3v) is 9.90. The van der Waals surface area contributed by atoms with Gasteiger partial charge in [-0.2, -0.15) is 5.10 Å². The third kappa shape index (κ3) is 5.56. The van der Waals surface area contributed by atoms with Crippen LogP contribution in [0.25, 0.3) is 0 Å². The Labute approximate surface area is 236 Å². The lowest BCUT2D eigenvalue weighted by Crippen LogP contribution is -2.52. The minimum absolute atomic E-state index is 0.133. The minimum Gasteiger partial charge on any atom is -0.380 e. The van der Waals surface area contributed by atoms with Crippen LogP contribution in [0.2, 0.25) is 0 Å². The van der Waals surface area contributed by atoms with Gasteiger partial charge in [0.25, 0.3) is 5.91 Å². The lowest BCUT2D eigenvalue weighted by molar-refractivity contribution is -0.119. The van der Waals surface area contributed by atoms with Gasteiger partial charge < -0.3 is 20.5 Å². The van der Waals surface area contributed by atoms with Crippen LogP contribution >= 0.6 is 0 Å². The highest BCUT2D eigenvalue weighted by Gasteiger charge is 2.49. The number of anilines is 1. The molecule has 4 aliphatic rings. The van der Waals surface area contributed by atoms with E-state index in [2.05, 4.69) is 28.0 Å². The van der Waals surface area contributed by atoms with E-state index in [-0.39, 0.29) is 23.1 Å². The molecule has 4 N–H and O–H groups in total. The maximum Gasteiger partial charge on any atom is 0.270 e. The van der Waals surface area contributed by atoms with Crippen molar-refractivity contribution in [2.45, 2.75) is 76.0 Å². The summed E-state index contributed by atoms with van der Waals surface area (Å²) < 4.78 is 7.34. The standard InChI is InChI=1S/C31H43N5O4/c1-30(12-4-13-30)18-32-29(39)31(14-16-40-19-31)22-5-3-6-23(17-22)34-28(38)26(25(20-7-8-20)21-9-10-21)35-27(37)24-11-15-33-36(24)2/h3,5-6,11,15,17,20-21,25-26,29,32,39H,4,7-10,12-14,16,18-19H2,1-2H3,(H,34,38)(H,35,37)/t26-,29?,31?/m0/s1. The second-order valence-corrected chi connectivity index (χ2v) is 13.0. The largest absolute Gasteiger partial charge is 0.380 e. The number of aryl methyl sites for hydroxylation is 1. The fourth-order valence-corrected chi connectivity index (χ4v) is 6.84. The van der Waals surface area contributed by atoms with Gasteiger partial charge in [0.2, 0.25) is 5.91 Å². The molecule has 1 aromatic carbocycles. The number of amides is 2. The number of aliphatic hydroxyl groups excluding tert-OH is 1. The highest BCUT2D eigenvalue weighted by molar-refractivity contribution is 6.00. The zero-order chi connectivity index (χ0) is 27.9. The molecule has 0 bridgehead atoms. The van der Waals surface area contributed by atoms with E-state index in [0.29, 0.717) is 42.9 Å². The maximum atomic E-state index is 13.9. The Morgan fingerprint density at radius 3 is 2.48 bits per heavy atom. The predicted molar refractivity (Wildman–Crippen MR) is 152 cm³/mol. The molecule has 6 rings (SSSR count). The van der Waals surface area contributed by atoms with Gasteiger partial charge >= 0.3 is 0 Å². The van der Waals surface area contributed by atoms with Crippen LogP contribution in [0.5, 0.6) is 0 Å². The van der Waals surface area contributed by atoms with Crippen LogP contribution in [-0.4, -0.2) is 58.7 Å². The first-order valence-corrected chi connectivity index (χ1v) is 15.0. The van der Waals surface area contributed by atoms with E-state index in [4.69, 9.17) is 4.74 Å². The number of rotatable bonds is 12. The smallest absolute Gasteiger partial charge is 0.270 e. The molecular formula is C31H43N5O4. The summed E-state index contributed by atoms with van der Waals surface area (Å²) in [6, 6.07) is 8.83. The van der Waals surface area contributed by atoms with Gasteiger partial charge in [-0.25, -0.2) is 0 Å². The molecule has 2 unspecified atom stereocenters. The summed E-state index contributed by atoms with van der Waals surface area (Å²) in [4.78, 5) is 27.1. The average Bonchev–Trinajstić information content (AvgIpc) is 3.85. The summed E-state index contributed by atoms with van der Waals surface area (Å²) in [6.07, 6.45) is 9.56. The predicted octanol–water partition coefficient (Wildman–Crippen LogP) is 3.35. The molecule has 2 amide bonds. The summed E-state index contributed by atoms with van der Waals surface area (Å²) in [5.41, 5.74) is 1.70. The van der Waals surface area contributed by atoms with Crippen molar-refractivity contribution in [1.29, 1.82) is 0 Å². The van der Waals surface area contributed by atoms with Crippen molar-refractivity contribution in [2.24, 2.45) is 30.2 Å². The zero-order valence-electron chi connectivity index (χ0n) is 23.7. The number of hydrogen-bond donors (Lipinski definition) is 4. The molecule has 9 nitrogen and oxygen atoms in total. The highest BCUT2D eigenvalue weighted by atomic mass is 16.5. The van der Waals surface area contributed by atoms with E-state index in [1.807, 2.05) is 24.3 Å². The van der Waals surface area contributed by atoms with E-state index < -0.39 is 17.7 Å². The summed E-state index contributed by atoms with van der Waals surface area (Å²) in [7, 11) is 1.73. The van der Waals surface area contributed by atoms with Crippen LogP contribution in [0.15, 0.2) is 36.5 Å². The van der Waals surface area contributed by atoms with Gasteiger partial charge in [0.05, 0.1) is 12.0 Å². The molecule has 0 radical (unpaired) electrons. The minimum atomic E-state index is -0.751. The molecule has 1 aliphatic heterocycles. The Balaban J connectivity index is 1.21. The quantitative estimate of drug-likeness (QED) is 0.302. The third-order valence-electron chi connectivity index (χ3n) is 9.90. The number of carbonyl (C=O) groups is 2. The molecule has 1 saturated heterocycles. The van der Waals surface area contributed by atoms with Crippen LogP contribution < -0.4 is 16.0 Å². The summed E-state index contributed by atoms with van der Waals surface area (Å²) in [5, 5.41) is 25.1. The van der Waals surface area contributed by atoms with Crippen molar-refractivity contribution >= 4 is 17.5 Å². The number of hydrogen-bond acceptors (Lipinski definition) is 6. The Morgan fingerprint density at radius 2 is 1.90 bits per heavy atom. The van der Waals surface area contributed by atoms with Crippen molar-refractivity contribution < 1.29 is 19.4 Å². The molecule has 0 spiro atoms. The van der Waals surface area contributed by atoms with Crippen molar-refractivity contribution in [3.05, 3.63) is 47.8 Å². The summed E-state index contributed by atoms with van der Waals surface area (Å²) in [5.74, 6) is 0.605. The van der Waals surface area contributed by atoms with E-state index >= 15 is 0 Å². The number of carbonyl (C=O) groups excluding carboxylic acids is 2. The monoisotopic (exact) mass is 549 g/mol. The van der Waals surface area contributed by atoms with Crippen molar-refractivity contribution in [1.82, 2.24) is 20.4 Å². The van der Waals surface area contributed by atoms with Crippen LogP contribution in [-0.2, 0) is 22.0 Å². The topological polar surface area (TPSA) is 118 Å². The van der Waals surface area contributed by atoms with Gasteiger partial charge in [0.1, 0.15) is 18.0 Å². The Bertz CT molecular complexity index is 1210. The van der Waals surface area contributed by atoms with Gasteiger partial charge in [0.15, 0.2) is 0 Å². The molecule has 216 valence electrons. The number of aromatic nitrogens is 2. The van der Waals surface area contributed by atoms with Crippen LogP contribution in [0, 0.1) is 23.2 Å². The van der Waals surface area contributed by atoms with Gasteiger partial charge in [-0.05, 0) is 91.9 Å². The number of benzene rings is 1. The Hall–Kier alpha value is -2.75. The molecule has 3 atom stereocenters. The van der Waals surface area contributed by atoms with E-state index in [9.17, 15) is 14.7 Å². The van der Waals surface area contributed by atoms with Gasteiger partial charge in [-0.1, -0.05) is 25.5 Å². The molecule has 4 fully saturated rings. The molecule has 3 aliphatic carbocycles. The molecule has 3 saturated carbocycles. The van der Waals surface area contributed by atoms with Crippen molar-refractivity contribution in [3.63, 3.8) is 0 Å².